The molecule has 2 aromatic rings. The number of benzene rings is 2. The second-order valence-corrected chi connectivity index (χ2v) is 9.68. The quantitative estimate of drug-likeness (QED) is 0.481. The van der Waals surface area contributed by atoms with E-state index in [1.54, 1.807) is 71.0 Å². The topological polar surface area (TPSA) is 111 Å². The van der Waals surface area contributed by atoms with E-state index in [9.17, 15) is 19.2 Å². The molecule has 0 aliphatic carbocycles. The summed E-state index contributed by atoms with van der Waals surface area (Å²) >= 11 is 6.31. The highest BCUT2D eigenvalue weighted by Crippen LogP contribution is 2.23. The largest absolute Gasteiger partial charge is 0.459 e. The van der Waals surface area contributed by atoms with E-state index in [0.29, 0.717) is 11.3 Å². The predicted molar refractivity (Wildman–Crippen MR) is 134 cm³/mol. The second-order valence-electron chi connectivity index (χ2n) is 9.27. The summed E-state index contributed by atoms with van der Waals surface area (Å²) in [5, 5.41) is 5.38. The van der Waals surface area contributed by atoms with Crippen molar-refractivity contribution >= 4 is 41.0 Å². The zero-order valence-corrected chi connectivity index (χ0v) is 21.5. The summed E-state index contributed by atoms with van der Waals surface area (Å²) in [6, 6.07) is 10.3. The summed E-state index contributed by atoms with van der Waals surface area (Å²) in [6.45, 7) is 10.2. The Morgan fingerprint density at radius 1 is 1.00 bits per heavy atom. The predicted octanol–water partition coefficient (Wildman–Crippen LogP) is 5.18. The Morgan fingerprint density at radius 3 is 2.29 bits per heavy atom. The lowest BCUT2D eigenvalue weighted by Gasteiger charge is -2.21. The third-order valence-corrected chi connectivity index (χ3v) is 4.92. The first-order valence-corrected chi connectivity index (χ1v) is 11.6. The van der Waals surface area contributed by atoms with Crippen LogP contribution in [0.5, 0.6) is 0 Å². The molecular weight excluding hydrogens is 472 g/mol. The maximum atomic E-state index is 13.1. The van der Waals surface area contributed by atoms with Crippen LogP contribution >= 0.6 is 11.6 Å². The van der Waals surface area contributed by atoms with Gasteiger partial charge in [-0.3, -0.25) is 9.59 Å². The van der Waals surface area contributed by atoms with Gasteiger partial charge in [0.15, 0.2) is 5.78 Å². The van der Waals surface area contributed by atoms with E-state index >= 15 is 0 Å². The molecule has 0 aliphatic rings. The fraction of sp³-hybridized carbons (Fsp3) is 0.385. The van der Waals surface area contributed by atoms with Gasteiger partial charge in [0.25, 0.3) is 5.91 Å². The van der Waals surface area contributed by atoms with Crippen molar-refractivity contribution < 1.29 is 28.7 Å². The summed E-state index contributed by atoms with van der Waals surface area (Å²) in [7, 11) is 0. The third-order valence-electron chi connectivity index (χ3n) is 4.61. The van der Waals surface area contributed by atoms with Crippen molar-refractivity contribution in [3.05, 3.63) is 64.2 Å². The van der Waals surface area contributed by atoms with Crippen LogP contribution in [0.2, 0.25) is 5.02 Å². The molecule has 0 heterocycles. The van der Waals surface area contributed by atoms with Crippen LogP contribution in [-0.4, -0.2) is 41.5 Å². The molecule has 0 spiro atoms. The fourth-order valence-corrected chi connectivity index (χ4v) is 3.36. The molecule has 9 heteroatoms. The average molecular weight is 503 g/mol. The van der Waals surface area contributed by atoms with Gasteiger partial charge in [-0.05, 0) is 71.4 Å². The number of esters is 1. The number of hydrogen-bond acceptors (Lipinski definition) is 6. The van der Waals surface area contributed by atoms with Crippen LogP contribution in [0, 0.1) is 0 Å². The van der Waals surface area contributed by atoms with Crippen LogP contribution in [-0.2, 0) is 20.7 Å². The molecule has 2 aromatic carbocycles. The lowest BCUT2D eigenvalue weighted by molar-refractivity contribution is -0.120. The number of anilines is 1. The number of carbonyl (C=O) groups is 4. The lowest BCUT2D eigenvalue weighted by atomic mass is 9.99. The molecular formula is C26H31ClN2O6. The summed E-state index contributed by atoms with van der Waals surface area (Å²) in [6.07, 6.45) is -1.13. The van der Waals surface area contributed by atoms with Crippen molar-refractivity contribution in [1.82, 2.24) is 5.32 Å². The minimum atomic E-state index is -0.844. The zero-order valence-electron chi connectivity index (χ0n) is 20.7. The molecule has 0 radical (unpaired) electrons. The van der Waals surface area contributed by atoms with Crippen LogP contribution in [0.1, 0.15) is 67.8 Å². The van der Waals surface area contributed by atoms with Gasteiger partial charge in [0.1, 0.15) is 5.60 Å². The van der Waals surface area contributed by atoms with Crippen molar-refractivity contribution in [2.45, 2.75) is 65.7 Å². The molecule has 35 heavy (non-hydrogen) atoms. The van der Waals surface area contributed by atoms with Crippen LogP contribution in [0.15, 0.2) is 42.5 Å². The Bertz CT molecular complexity index is 1110. The van der Waals surface area contributed by atoms with Crippen molar-refractivity contribution in [3.63, 3.8) is 0 Å². The number of halogens is 1. The Hall–Kier alpha value is -3.39. The highest BCUT2D eigenvalue weighted by Gasteiger charge is 2.24. The fourth-order valence-electron chi connectivity index (χ4n) is 3.08. The van der Waals surface area contributed by atoms with E-state index in [2.05, 4.69) is 10.6 Å². The van der Waals surface area contributed by atoms with Gasteiger partial charge < -0.3 is 20.1 Å². The van der Waals surface area contributed by atoms with Crippen LogP contribution in [0.25, 0.3) is 0 Å². The standard InChI is InChI=1S/C26H31ClN2O6/c1-15(2)34-24(32)18-10-7-11-19(13-18)29-23(31)22-17(9-8-12-20(22)27)14-21(30)16(3)28-25(33)35-26(4,5)6/h7-13,15-16H,14H2,1-6H3,(H,28,33)(H,29,31)/t16-/m0/s1. The molecule has 0 bridgehead atoms. The van der Waals surface area contributed by atoms with Crippen molar-refractivity contribution in [2.24, 2.45) is 0 Å². The molecule has 0 saturated heterocycles. The molecule has 2 rings (SSSR count). The number of rotatable bonds is 8. The lowest BCUT2D eigenvalue weighted by Crippen LogP contribution is -2.42. The van der Waals surface area contributed by atoms with Gasteiger partial charge in [-0.2, -0.15) is 0 Å². The van der Waals surface area contributed by atoms with E-state index in [0.717, 1.165) is 0 Å². The van der Waals surface area contributed by atoms with Crippen molar-refractivity contribution in [3.8, 4) is 0 Å². The number of Topliss-reactive ketones (excluding diaryl/α,β-unsaturated/α-hetero) is 1. The summed E-state index contributed by atoms with van der Waals surface area (Å²) in [4.78, 5) is 50.0. The first kappa shape index (κ1) is 27.9. The molecule has 0 aliphatic heterocycles. The SMILES string of the molecule is CC(C)OC(=O)c1cccc(NC(=O)c2c(Cl)cccc2CC(=O)[C@H](C)NC(=O)OC(C)(C)C)c1. The number of nitrogens with one attached hydrogen (secondary N) is 2. The van der Waals surface area contributed by atoms with Gasteiger partial charge in [0.05, 0.1) is 28.3 Å². The number of carbonyl (C=O) groups excluding carboxylic acids is 4. The Labute approximate surface area is 210 Å². The van der Waals surface area contributed by atoms with Gasteiger partial charge in [0.2, 0.25) is 0 Å². The van der Waals surface area contributed by atoms with Gasteiger partial charge >= 0.3 is 12.1 Å². The van der Waals surface area contributed by atoms with Crippen molar-refractivity contribution in [2.75, 3.05) is 5.32 Å². The molecule has 188 valence electrons. The number of ether oxygens (including phenoxy) is 2. The maximum absolute atomic E-state index is 13.1. The van der Waals surface area contributed by atoms with Gasteiger partial charge in [-0.15, -0.1) is 0 Å². The van der Waals surface area contributed by atoms with Gasteiger partial charge in [-0.25, -0.2) is 9.59 Å². The molecule has 2 amide bonds. The zero-order chi connectivity index (χ0) is 26.3. The summed E-state index contributed by atoms with van der Waals surface area (Å²) in [5.41, 5.74) is 0.474. The molecule has 0 unspecified atom stereocenters. The molecule has 0 aromatic heterocycles. The van der Waals surface area contributed by atoms with Crippen LogP contribution in [0.4, 0.5) is 10.5 Å². The first-order chi connectivity index (χ1) is 16.3. The third kappa shape index (κ3) is 8.72. The van der Waals surface area contributed by atoms with E-state index in [1.807, 2.05) is 0 Å². The Morgan fingerprint density at radius 2 is 1.66 bits per heavy atom. The molecule has 0 saturated carbocycles. The van der Waals surface area contributed by atoms with E-state index in [4.69, 9.17) is 21.1 Å². The highest BCUT2D eigenvalue weighted by atomic mass is 35.5. The molecule has 0 fully saturated rings. The summed E-state index contributed by atoms with van der Waals surface area (Å²) < 4.78 is 10.4. The Balaban J connectivity index is 2.17. The smallest absolute Gasteiger partial charge is 0.408 e. The minimum absolute atomic E-state index is 0.127. The van der Waals surface area contributed by atoms with E-state index < -0.39 is 29.6 Å². The number of hydrogen-bond donors (Lipinski definition) is 2. The monoisotopic (exact) mass is 502 g/mol. The normalized spacial score (nSPS) is 12.0. The molecule has 8 nitrogen and oxygen atoms in total. The highest BCUT2D eigenvalue weighted by molar-refractivity contribution is 6.34. The maximum Gasteiger partial charge on any atom is 0.408 e. The number of amides is 2. The minimum Gasteiger partial charge on any atom is -0.459 e. The molecule has 2 N–H and O–H groups in total. The second kappa shape index (κ2) is 11.8. The number of ketones is 1. The van der Waals surface area contributed by atoms with Crippen LogP contribution < -0.4 is 10.6 Å². The molecule has 1 atom stereocenters. The van der Waals surface area contributed by atoms with Gasteiger partial charge in [-0.1, -0.05) is 29.8 Å². The van der Waals surface area contributed by atoms with Crippen molar-refractivity contribution in [1.29, 1.82) is 0 Å². The van der Waals surface area contributed by atoms with Gasteiger partial charge in [0, 0.05) is 12.1 Å². The van der Waals surface area contributed by atoms with E-state index in [1.165, 1.54) is 13.0 Å². The Kier molecular flexibility index (Phi) is 9.42. The first-order valence-electron chi connectivity index (χ1n) is 11.2. The number of alkyl carbamates (subject to hydrolysis) is 1. The van der Waals surface area contributed by atoms with Crippen LogP contribution in [0.3, 0.4) is 0 Å². The summed E-state index contributed by atoms with van der Waals surface area (Å²) in [5.74, 6) is -1.38. The average Bonchev–Trinajstić information content (AvgIpc) is 2.71. The van der Waals surface area contributed by atoms with E-state index in [-0.39, 0.29) is 34.5 Å².